The van der Waals surface area contributed by atoms with Gasteiger partial charge in [0.2, 0.25) is 0 Å². The highest BCUT2D eigenvalue weighted by atomic mass is 19.4. The standard InChI is InChI=1S/C13H14F3NO4/c1-2-21-12(20)10(8-18)17(13(14,15)16)11(19)9-6-4-3-5-7-9/h3-7,10,18H,2,8H2,1H3. The van der Waals surface area contributed by atoms with E-state index in [0.29, 0.717) is 0 Å². The highest BCUT2D eigenvalue weighted by molar-refractivity contribution is 5.97. The minimum absolute atomic E-state index is 0.166. The molecular formula is C13H14F3NO4. The summed E-state index contributed by atoms with van der Waals surface area (Å²) in [5.41, 5.74) is -0.252. The van der Waals surface area contributed by atoms with Crippen molar-refractivity contribution in [1.82, 2.24) is 4.90 Å². The fourth-order valence-corrected chi connectivity index (χ4v) is 1.65. The van der Waals surface area contributed by atoms with Crippen molar-refractivity contribution in [2.45, 2.75) is 19.3 Å². The Morgan fingerprint density at radius 1 is 1.29 bits per heavy atom. The molecule has 0 saturated heterocycles. The van der Waals surface area contributed by atoms with Crippen molar-refractivity contribution < 1.29 is 32.6 Å². The van der Waals surface area contributed by atoms with Gasteiger partial charge in [0.15, 0.2) is 6.04 Å². The monoisotopic (exact) mass is 305 g/mol. The summed E-state index contributed by atoms with van der Waals surface area (Å²) in [6, 6.07) is 4.53. The molecule has 1 atom stereocenters. The Kier molecular flexibility index (Phi) is 5.71. The number of carbonyl (C=O) groups is 2. The number of esters is 1. The lowest BCUT2D eigenvalue weighted by molar-refractivity contribution is -0.241. The summed E-state index contributed by atoms with van der Waals surface area (Å²) >= 11 is 0. The summed E-state index contributed by atoms with van der Waals surface area (Å²) in [5.74, 6) is -2.75. The molecule has 1 rings (SSSR count). The number of aliphatic hydroxyl groups is 1. The molecule has 0 aliphatic heterocycles. The number of rotatable bonds is 5. The number of amides is 1. The van der Waals surface area contributed by atoms with Gasteiger partial charge in [0.1, 0.15) is 0 Å². The van der Waals surface area contributed by atoms with E-state index in [-0.39, 0.29) is 12.2 Å². The first kappa shape index (κ1) is 17.0. The number of aliphatic hydroxyl groups excluding tert-OH is 1. The third-order valence-electron chi connectivity index (χ3n) is 2.56. The third kappa shape index (κ3) is 4.19. The van der Waals surface area contributed by atoms with E-state index in [1.165, 1.54) is 37.3 Å². The van der Waals surface area contributed by atoms with Gasteiger partial charge in [-0.1, -0.05) is 18.2 Å². The van der Waals surface area contributed by atoms with E-state index < -0.39 is 35.7 Å². The molecule has 0 heterocycles. The zero-order valence-electron chi connectivity index (χ0n) is 11.1. The highest BCUT2D eigenvalue weighted by Gasteiger charge is 2.48. The highest BCUT2D eigenvalue weighted by Crippen LogP contribution is 2.26. The summed E-state index contributed by atoms with van der Waals surface area (Å²) in [6.07, 6.45) is -5.13. The normalized spacial score (nSPS) is 12.6. The number of carbonyl (C=O) groups excluding carboxylic acids is 2. The van der Waals surface area contributed by atoms with E-state index >= 15 is 0 Å². The van der Waals surface area contributed by atoms with Crippen LogP contribution in [0.1, 0.15) is 17.3 Å². The number of hydrogen-bond donors (Lipinski definition) is 1. The van der Waals surface area contributed by atoms with E-state index in [4.69, 9.17) is 5.11 Å². The Hall–Kier alpha value is -2.09. The van der Waals surface area contributed by atoms with Crippen LogP contribution in [0.2, 0.25) is 0 Å². The minimum Gasteiger partial charge on any atom is -0.464 e. The smallest absolute Gasteiger partial charge is 0.464 e. The molecule has 1 amide bonds. The van der Waals surface area contributed by atoms with Gasteiger partial charge in [-0.05, 0) is 19.1 Å². The minimum atomic E-state index is -5.13. The van der Waals surface area contributed by atoms with Gasteiger partial charge >= 0.3 is 12.3 Å². The van der Waals surface area contributed by atoms with Crippen LogP contribution in [-0.4, -0.2) is 47.4 Å². The molecule has 1 N–H and O–H groups in total. The number of alkyl halides is 3. The molecule has 21 heavy (non-hydrogen) atoms. The Balaban J connectivity index is 3.17. The topological polar surface area (TPSA) is 66.8 Å². The average molecular weight is 305 g/mol. The van der Waals surface area contributed by atoms with Gasteiger partial charge < -0.3 is 9.84 Å². The van der Waals surface area contributed by atoms with E-state index in [0.717, 1.165) is 0 Å². The van der Waals surface area contributed by atoms with Crippen LogP contribution < -0.4 is 0 Å². The quantitative estimate of drug-likeness (QED) is 0.662. The van der Waals surface area contributed by atoms with Gasteiger partial charge in [0.25, 0.3) is 5.91 Å². The number of halogens is 3. The van der Waals surface area contributed by atoms with E-state index in [1.807, 2.05) is 0 Å². The molecule has 5 nitrogen and oxygen atoms in total. The molecule has 0 aromatic heterocycles. The summed E-state index contributed by atoms with van der Waals surface area (Å²) in [7, 11) is 0. The maximum atomic E-state index is 13.1. The summed E-state index contributed by atoms with van der Waals surface area (Å²) in [6.45, 7) is 0.0424. The second-order valence-electron chi connectivity index (χ2n) is 3.96. The molecular weight excluding hydrogens is 291 g/mol. The Bertz CT molecular complexity index is 490. The Labute approximate surface area is 118 Å². The van der Waals surface area contributed by atoms with Crippen molar-refractivity contribution in [3.63, 3.8) is 0 Å². The van der Waals surface area contributed by atoms with Crippen LogP contribution in [-0.2, 0) is 9.53 Å². The van der Waals surface area contributed by atoms with Gasteiger partial charge in [0.05, 0.1) is 13.2 Å². The lowest BCUT2D eigenvalue weighted by atomic mass is 10.1. The number of hydrogen-bond acceptors (Lipinski definition) is 4. The van der Waals surface area contributed by atoms with E-state index in [2.05, 4.69) is 4.74 Å². The summed E-state index contributed by atoms with van der Waals surface area (Å²) < 4.78 is 43.7. The fraction of sp³-hybridized carbons (Fsp3) is 0.385. The van der Waals surface area contributed by atoms with Gasteiger partial charge in [-0.15, -0.1) is 13.2 Å². The first-order valence-electron chi connectivity index (χ1n) is 6.05. The Morgan fingerprint density at radius 3 is 2.29 bits per heavy atom. The second kappa shape index (κ2) is 7.07. The predicted octanol–water partition coefficient (Wildman–Crippen LogP) is 1.57. The molecule has 0 aliphatic rings. The van der Waals surface area contributed by atoms with Crippen molar-refractivity contribution >= 4 is 11.9 Å². The fourth-order valence-electron chi connectivity index (χ4n) is 1.65. The maximum Gasteiger partial charge on any atom is 0.488 e. The molecule has 0 saturated carbocycles. The molecule has 116 valence electrons. The SMILES string of the molecule is CCOC(=O)C(CO)N(C(=O)c1ccccc1)C(F)(F)F. The van der Waals surface area contributed by atoms with Crippen molar-refractivity contribution in [1.29, 1.82) is 0 Å². The predicted molar refractivity (Wildman–Crippen MR) is 66.2 cm³/mol. The number of nitrogens with zero attached hydrogens (tertiary/aromatic N) is 1. The van der Waals surface area contributed by atoms with Crippen LogP contribution in [0, 0.1) is 0 Å². The van der Waals surface area contributed by atoms with Crippen LogP contribution >= 0.6 is 0 Å². The van der Waals surface area contributed by atoms with Crippen molar-refractivity contribution in [2.24, 2.45) is 0 Å². The largest absolute Gasteiger partial charge is 0.488 e. The molecule has 1 aromatic carbocycles. The van der Waals surface area contributed by atoms with E-state index in [1.54, 1.807) is 0 Å². The molecule has 0 spiro atoms. The van der Waals surface area contributed by atoms with Gasteiger partial charge in [-0.2, -0.15) is 0 Å². The molecule has 1 aromatic rings. The summed E-state index contributed by atoms with van der Waals surface area (Å²) in [5, 5.41) is 9.06. The third-order valence-corrected chi connectivity index (χ3v) is 2.56. The molecule has 8 heteroatoms. The van der Waals surface area contributed by atoms with Crippen LogP contribution in [0.4, 0.5) is 13.2 Å². The molecule has 0 radical (unpaired) electrons. The lowest BCUT2D eigenvalue weighted by Crippen LogP contribution is -2.54. The zero-order valence-corrected chi connectivity index (χ0v) is 11.1. The first-order valence-corrected chi connectivity index (χ1v) is 6.05. The zero-order chi connectivity index (χ0) is 16.0. The van der Waals surface area contributed by atoms with Crippen molar-refractivity contribution in [3.05, 3.63) is 35.9 Å². The van der Waals surface area contributed by atoms with Gasteiger partial charge in [0, 0.05) is 5.56 Å². The molecule has 0 aliphatic carbocycles. The van der Waals surface area contributed by atoms with Crippen LogP contribution in [0.25, 0.3) is 0 Å². The second-order valence-corrected chi connectivity index (χ2v) is 3.96. The van der Waals surface area contributed by atoms with Crippen molar-refractivity contribution in [3.8, 4) is 0 Å². The average Bonchev–Trinajstić information content (AvgIpc) is 2.43. The Morgan fingerprint density at radius 2 is 1.86 bits per heavy atom. The van der Waals surface area contributed by atoms with E-state index in [9.17, 15) is 22.8 Å². The summed E-state index contributed by atoms with van der Waals surface area (Å²) in [4.78, 5) is 22.9. The van der Waals surface area contributed by atoms with Crippen LogP contribution in [0.15, 0.2) is 30.3 Å². The van der Waals surface area contributed by atoms with Gasteiger partial charge in [-0.25, -0.2) is 9.69 Å². The molecule has 1 unspecified atom stereocenters. The number of ether oxygens (including phenoxy) is 1. The first-order chi connectivity index (χ1) is 9.82. The molecule has 0 bridgehead atoms. The lowest BCUT2D eigenvalue weighted by Gasteiger charge is -2.30. The molecule has 0 fully saturated rings. The number of benzene rings is 1. The van der Waals surface area contributed by atoms with Crippen LogP contribution in [0.3, 0.4) is 0 Å². The maximum absolute atomic E-state index is 13.1. The van der Waals surface area contributed by atoms with Gasteiger partial charge in [-0.3, -0.25) is 4.79 Å². The van der Waals surface area contributed by atoms with Crippen molar-refractivity contribution in [2.75, 3.05) is 13.2 Å². The van der Waals surface area contributed by atoms with Crippen LogP contribution in [0.5, 0.6) is 0 Å².